The summed E-state index contributed by atoms with van der Waals surface area (Å²) in [6.07, 6.45) is 2.30. The summed E-state index contributed by atoms with van der Waals surface area (Å²) in [5, 5.41) is 7.34. The van der Waals surface area contributed by atoms with Gasteiger partial charge >= 0.3 is 0 Å². The van der Waals surface area contributed by atoms with Gasteiger partial charge in [-0.15, -0.1) is 0 Å². The van der Waals surface area contributed by atoms with Crippen LogP contribution < -0.4 is 0 Å². The molecule has 102 valence electrons. The Morgan fingerprint density at radius 3 is 2.42 bits per heavy atom. The van der Waals surface area contributed by atoms with Gasteiger partial charge in [-0.05, 0) is 25.1 Å². The van der Waals surface area contributed by atoms with Gasteiger partial charge in [-0.25, -0.2) is 0 Å². The van der Waals surface area contributed by atoms with Crippen LogP contribution in [-0.2, 0) is 0 Å². The van der Waals surface area contributed by atoms with Crippen LogP contribution in [0.2, 0.25) is 0 Å². The molecule has 1 aromatic carbocycles. The van der Waals surface area contributed by atoms with Crippen molar-refractivity contribution in [3.63, 3.8) is 0 Å². The van der Waals surface area contributed by atoms with E-state index in [0.29, 0.717) is 16.7 Å². The highest BCUT2D eigenvalue weighted by molar-refractivity contribution is 7.71. The third-order valence-electron chi connectivity index (χ3n) is 3.87. The van der Waals surface area contributed by atoms with Crippen LogP contribution in [-0.4, -0.2) is 14.8 Å². The number of benzene rings is 1. The zero-order chi connectivity index (χ0) is 13.8. The molecule has 1 heterocycles. The van der Waals surface area contributed by atoms with E-state index in [1.165, 1.54) is 0 Å². The molecule has 0 radical (unpaired) electrons. The van der Waals surface area contributed by atoms with Crippen LogP contribution >= 0.6 is 12.2 Å². The summed E-state index contributed by atoms with van der Waals surface area (Å²) < 4.78 is 2.86. The Labute approximate surface area is 119 Å². The molecular formula is C15H21N3S. The second kappa shape index (κ2) is 6.15. The molecule has 3 nitrogen and oxygen atoms in total. The molecule has 4 heteroatoms. The minimum absolute atomic E-state index is 0.358. The summed E-state index contributed by atoms with van der Waals surface area (Å²) in [4.78, 5) is 0. The van der Waals surface area contributed by atoms with Gasteiger partial charge in [0.2, 0.25) is 0 Å². The first-order valence-corrected chi connectivity index (χ1v) is 7.32. The summed E-state index contributed by atoms with van der Waals surface area (Å²) in [5.74, 6) is 1.55. The number of H-pyrrole nitrogens is 1. The molecule has 0 aliphatic rings. The largest absolute Gasteiger partial charge is 0.297 e. The standard InChI is InChI=1S/C15H21N3S/c1-4-12(5-2)11(3)18-14(16-17-15(18)19)13-9-7-6-8-10-13/h6-12H,4-5H2,1-3H3,(H,17,19). The zero-order valence-corrected chi connectivity index (χ0v) is 12.6. The Hall–Kier alpha value is -1.42. The SMILES string of the molecule is CCC(CC)C(C)n1c(-c2ccccc2)n[nH]c1=S. The van der Waals surface area contributed by atoms with Crippen molar-refractivity contribution >= 4 is 12.2 Å². The molecule has 1 atom stereocenters. The highest BCUT2D eigenvalue weighted by Gasteiger charge is 2.20. The van der Waals surface area contributed by atoms with E-state index >= 15 is 0 Å². The van der Waals surface area contributed by atoms with Gasteiger partial charge in [-0.3, -0.25) is 9.67 Å². The fourth-order valence-electron chi connectivity index (χ4n) is 2.66. The Morgan fingerprint density at radius 2 is 1.84 bits per heavy atom. The summed E-state index contributed by atoms with van der Waals surface area (Å²) in [6.45, 7) is 6.70. The van der Waals surface area contributed by atoms with Crippen molar-refractivity contribution in [1.29, 1.82) is 0 Å². The number of hydrogen-bond donors (Lipinski definition) is 1. The Balaban J connectivity index is 2.47. The molecule has 0 saturated heterocycles. The molecule has 0 aliphatic heterocycles. The van der Waals surface area contributed by atoms with Crippen LogP contribution in [0.4, 0.5) is 0 Å². The first-order valence-electron chi connectivity index (χ1n) is 6.91. The lowest BCUT2D eigenvalue weighted by atomic mass is 9.95. The van der Waals surface area contributed by atoms with Crippen LogP contribution in [0.3, 0.4) is 0 Å². The maximum absolute atomic E-state index is 5.41. The predicted octanol–water partition coefficient (Wildman–Crippen LogP) is 4.60. The van der Waals surface area contributed by atoms with E-state index in [4.69, 9.17) is 12.2 Å². The molecule has 0 bridgehead atoms. The van der Waals surface area contributed by atoms with Gasteiger partial charge < -0.3 is 0 Å². The number of aromatic nitrogens is 3. The zero-order valence-electron chi connectivity index (χ0n) is 11.8. The van der Waals surface area contributed by atoms with E-state index in [0.717, 1.165) is 24.2 Å². The van der Waals surface area contributed by atoms with Gasteiger partial charge in [-0.2, -0.15) is 5.10 Å². The van der Waals surface area contributed by atoms with Crippen LogP contribution in [0.15, 0.2) is 30.3 Å². The van der Waals surface area contributed by atoms with Crippen molar-refractivity contribution in [2.24, 2.45) is 5.92 Å². The smallest absolute Gasteiger partial charge is 0.195 e. The molecule has 1 aromatic heterocycles. The number of aromatic amines is 1. The highest BCUT2D eigenvalue weighted by Crippen LogP contribution is 2.28. The number of rotatable bonds is 5. The lowest BCUT2D eigenvalue weighted by Gasteiger charge is -2.23. The Morgan fingerprint density at radius 1 is 1.21 bits per heavy atom. The third kappa shape index (κ3) is 2.78. The summed E-state index contributed by atoms with van der Waals surface area (Å²) in [7, 11) is 0. The molecule has 2 rings (SSSR count). The number of hydrogen-bond acceptors (Lipinski definition) is 2. The minimum Gasteiger partial charge on any atom is -0.297 e. The molecule has 0 fully saturated rings. The summed E-state index contributed by atoms with van der Waals surface area (Å²) in [5.41, 5.74) is 1.10. The predicted molar refractivity (Wildman–Crippen MR) is 81.6 cm³/mol. The van der Waals surface area contributed by atoms with Gasteiger partial charge in [0.1, 0.15) is 0 Å². The van der Waals surface area contributed by atoms with E-state index in [1.807, 2.05) is 18.2 Å². The quantitative estimate of drug-likeness (QED) is 0.809. The average Bonchev–Trinajstić information content (AvgIpc) is 2.83. The summed E-state index contributed by atoms with van der Waals surface area (Å²) >= 11 is 5.41. The monoisotopic (exact) mass is 275 g/mol. The molecule has 0 saturated carbocycles. The first-order chi connectivity index (χ1) is 9.19. The maximum atomic E-state index is 5.41. The van der Waals surface area contributed by atoms with Crippen molar-refractivity contribution in [2.45, 2.75) is 39.7 Å². The highest BCUT2D eigenvalue weighted by atomic mass is 32.1. The molecule has 19 heavy (non-hydrogen) atoms. The normalized spacial score (nSPS) is 12.8. The molecule has 0 spiro atoms. The van der Waals surface area contributed by atoms with E-state index in [9.17, 15) is 0 Å². The van der Waals surface area contributed by atoms with Crippen molar-refractivity contribution < 1.29 is 0 Å². The van der Waals surface area contributed by atoms with Crippen molar-refractivity contribution in [3.8, 4) is 11.4 Å². The third-order valence-corrected chi connectivity index (χ3v) is 4.16. The Kier molecular flexibility index (Phi) is 4.53. The minimum atomic E-state index is 0.358. The van der Waals surface area contributed by atoms with Gasteiger partial charge in [0.15, 0.2) is 10.6 Å². The molecule has 1 N–H and O–H groups in total. The van der Waals surface area contributed by atoms with Crippen LogP contribution in [0.1, 0.15) is 39.7 Å². The number of nitrogens with zero attached hydrogens (tertiary/aromatic N) is 2. The van der Waals surface area contributed by atoms with Gasteiger partial charge in [-0.1, -0.05) is 57.0 Å². The van der Waals surface area contributed by atoms with Crippen LogP contribution in [0.5, 0.6) is 0 Å². The van der Waals surface area contributed by atoms with E-state index in [1.54, 1.807) is 0 Å². The fraction of sp³-hybridized carbons (Fsp3) is 0.467. The van der Waals surface area contributed by atoms with Crippen molar-refractivity contribution in [2.75, 3.05) is 0 Å². The lowest BCUT2D eigenvalue weighted by Crippen LogP contribution is -2.16. The Bertz CT molecular complexity index is 567. The van der Waals surface area contributed by atoms with Crippen LogP contribution in [0, 0.1) is 10.7 Å². The second-order valence-electron chi connectivity index (χ2n) is 4.91. The molecular weight excluding hydrogens is 254 g/mol. The van der Waals surface area contributed by atoms with Gasteiger partial charge in [0.25, 0.3) is 0 Å². The molecule has 1 unspecified atom stereocenters. The van der Waals surface area contributed by atoms with Crippen molar-refractivity contribution in [3.05, 3.63) is 35.1 Å². The second-order valence-corrected chi connectivity index (χ2v) is 5.29. The molecule has 2 aromatic rings. The van der Waals surface area contributed by atoms with Crippen LogP contribution in [0.25, 0.3) is 11.4 Å². The average molecular weight is 275 g/mol. The fourth-order valence-corrected chi connectivity index (χ4v) is 2.95. The topological polar surface area (TPSA) is 33.6 Å². The maximum Gasteiger partial charge on any atom is 0.195 e. The van der Waals surface area contributed by atoms with Gasteiger partial charge in [0.05, 0.1) is 0 Å². The van der Waals surface area contributed by atoms with E-state index < -0.39 is 0 Å². The first kappa shape index (κ1) is 14.0. The summed E-state index contributed by atoms with van der Waals surface area (Å²) in [6, 6.07) is 10.6. The number of nitrogens with one attached hydrogen (secondary N) is 1. The molecule has 0 aliphatic carbocycles. The van der Waals surface area contributed by atoms with Crippen molar-refractivity contribution in [1.82, 2.24) is 14.8 Å². The molecule has 0 amide bonds. The van der Waals surface area contributed by atoms with E-state index in [2.05, 4.69) is 47.7 Å². The van der Waals surface area contributed by atoms with Gasteiger partial charge in [0, 0.05) is 11.6 Å². The van der Waals surface area contributed by atoms with E-state index in [-0.39, 0.29) is 0 Å². The lowest BCUT2D eigenvalue weighted by molar-refractivity contribution is 0.332.